The van der Waals surface area contributed by atoms with Crippen molar-refractivity contribution in [3.05, 3.63) is 75.4 Å². The first kappa shape index (κ1) is 21.5. The van der Waals surface area contributed by atoms with Gasteiger partial charge in [-0.2, -0.15) is 5.23 Å². The van der Waals surface area contributed by atoms with E-state index in [2.05, 4.69) is 10.3 Å². The van der Waals surface area contributed by atoms with Crippen LogP contribution in [0.25, 0.3) is 11.0 Å². The second kappa shape index (κ2) is 8.77. The summed E-state index contributed by atoms with van der Waals surface area (Å²) < 4.78 is 16.6. The lowest BCUT2D eigenvalue weighted by Gasteiger charge is -2.10. The first-order valence-electron chi connectivity index (χ1n) is 9.25. The molecule has 3 N–H and O–H groups in total. The van der Waals surface area contributed by atoms with Gasteiger partial charge in [-0.1, -0.05) is 0 Å². The van der Waals surface area contributed by atoms with Crippen molar-refractivity contribution in [2.75, 3.05) is 12.4 Å². The molecule has 0 aliphatic heterocycles. The third kappa shape index (κ3) is 4.31. The number of carbonyl (C=O) groups is 1. The van der Waals surface area contributed by atoms with Gasteiger partial charge in [0, 0.05) is 11.6 Å². The number of quaternary nitrogens is 1. The van der Waals surface area contributed by atoms with Gasteiger partial charge in [0.1, 0.15) is 29.0 Å². The van der Waals surface area contributed by atoms with E-state index < -0.39 is 11.1 Å². The quantitative estimate of drug-likeness (QED) is 0.377. The normalized spacial score (nSPS) is 11.9. The molecular formula is C21H17N3O7S. The lowest BCUT2D eigenvalue weighted by molar-refractivity contribution is -0.989. The molecule has 0 aliphatic rings. The Hall–Kier alpha value is -3.77. The Morgan fingerprint density at radius 1 is 1.22 bits per heavy atom. The number of ether oxygens (including phenoxy) is 2. The summed E-state index contributed by atoms with van der Waals surface area (Å²) in [5.41, 5.74) is 0.365. The van der Waals surface area contributed by atoms with E-state index in [0.717, 1.165) is 11.3 Å². The van der Waals surface area contributed by atoms with Gasteiger partial charge < -0.3 is 19.1 Å². The summed E-state index contributed by atoms with van der Waals surface area (Å²) >= 11 is 0.855. The van der Waals surface area contributed by atoms with Crippen LogP contribution in [0.15, 0.2) is 57.9 Å². The van der Waals surface area contributed by atoms with E-state index in [-0.39, 0.29) is 21.3 Å². The number of nitrogens with one attached hydrogen (secondary N) is 2. The van der Waals surface area contributed by atoms with Gasteiger partial charge >= 0.3 is 0 Å². The van der Waals surface area contributed by atoms with Gasteiger partial charge in [-0.05, 0) is 54.7 Å². The number of methoxy groups -OCH3 is 1. The number of carbonyl (C=O) groups excluding carboxylic acids is 1. The molecule has 164 valence electrons. The highest BCUT2D eigenvalue weighted by Gasteiger charge is 2.16. The minimum Gasteiger partial charge on any atom is -0.594 e. The van der Waals surface area contributed by atoms with Crippen molar-refractivity contribution in [1.82, 2.24) is 4.98 Å². The van der Waals surface area contributed by atoms with Crippen LogP contribution >= 0.6 is 11.3 Å². The van der Waals surface area contributed by atoms with E-state index in [1.54, 1.807) is 25.1 Å². The number of thiazole rings is 1. The summed E-state index contributed by atoms with van der Waals surface area (Å²) in [5, 5.41) is 21.8. The molecule has 1 atom stereocenters. The van der Waals surface area contributed by atoms with E-state index in [4.69, 9.17) is 19.1 Å². The van der Waals surface area contributed by atoms with Crippen LogP contribution in [0.5, 0.6) is 17.2 Å². The number of aromatic nitrogens is 1. The van der Waals surface area contributed by atoms with Crippen molar-refractivity contribution in [3.63, 3.8) is 0 Å². The summed E-state index contributed by atoms with van der Waals surface area (Å²) in [7, 11) is 1.53. The Morgan fingerprint density at radius 2 is 1.94 bits per heavy atom. The van der Waals surface area contributed by atoms with E-state index in [1.165, 1.54) is 37.6 Å². The van der Waals surface area contributed by atoms with E-state index in [0.29, 0.717) is 33.8 Å². The molecule has 4 rings (SSSR count). The van der Waals surface area contributed by atoms with Crippen molar-refractivity contribution >= 4 is 38.3 Å². The van der Waals surface area contributed by atoms with Crippen molar-refractivity contribution in [2.24, 2.45) is 0 Å². The van der Waals surface area contributed by atoms with Gasteiger partial charge in [-0.25, -0.2) is 10.2 Å². The minimum atomic E-state index is -1.11. The fourth-order valence-corrected chi connectivity index (χ4v) is 3.56. The van der Waals surface area contributed by atoms with Crippen molar-refractivity contribution in [2.45, 2.75) is 6.92 Å². The van der Waals surface area contributed by atoms with Crippen molar-refractivity contribution in [3.8, 4) is 17.2 Å². The topological polar surface area (TPSA) is 138 Å². The number of fused-ring (bicyclic) bond motifs is 1. The molecule has 1 unspecified atom stereocenters. The first-order valence-corrected chi connectivity index (χ1v) is 10.1. The zero-order valence-electron chi connectivity index (χ0n) is 16.9. The molecule has 0 fully saturated rings. The molecule has 11 heteroatoms. The summed E-state index contributed by atoms with van der Waals surface area (Å²) in [6, 6.07) is 11.0. The maximum Gasteiger partial charge on any atom is 0.257 e. The highest BCUT2D eigenvalue weighted by molar-refractivity contribution is 7.18. The van der Waals surface area contributed by atoms with Crippen LogP contribution in [0, 0.1) is 12.1 Å². The molecule has 0 saturated heterocycles. The van der Waals surface area contributed by atoms with E-state index >= 15 is 0 Å². The predicted octanol–water partition coefficient (Wildman–Crippen LogP) is 3.01. The van der Waals surface area contributed by atoms with Crippen LogP contribution in [0.1, 0.15) is 16.1 Å². The molecule has 0 bridgehead atoms. The molecule has 32 heavy (non-hydrogen) atoms. The molecule has 2 heterocycles. The third-order valence-corrected chi connectivity index (χ3v) is 5.40. The highest BCUT2D eigenvalue weighted by Crippen LogP contribution is 2.27. The SMILES string of the molecule is COc1ccc2c(=O)c(Oc3ccc(C(=O)Nc4ncc([NH+]([O-])O)s4)cc3)c(C)oc2c1. The van der Waals surface area contributed by atoms with Gasteiger partial charge in [0.15, 0.2) is 5.13 Å². The molecular weight excluding hydrogens is 438 g/mol. The molecule has 0 spiro atoms. The number of amides is 1. The summed E-state index contributed by atoms with van der Waals surface area (Å²) in [6.45, 7) is 1.62. The van der Waals surface area contributed by atoms with E-state index in [1.807, 2.05) is 0 Å². The number of rotatable bonds is 6. The van der Waals surface area contributed by atoms with Crippen molar-refractivity contribution < 1.29 is 29.1 Å². The highest BCUT2D eigenvalue weighted by atomic mass is 32.1. The average Bonchev–Trinajstić information content (AvgIpc) is 3.25. The number of anilines is 1. The monoisotopic (exact) mass is 455 g/mol. The largest absolute Gasteiger partial charge is 0.594 e. The summed E-state index contributed by atoms with van der Waals surface area (Å²) in [4.78, 5) is 29.1. The summed E-state index contributed by atoms with van der Waals surface area (Å²) in [5.74, 6) is 0.796. The van der Waals surface area contributed by atoms with Gasteiger partial charge in [0.05, 0.1) is 12.5 Å². The second-order valence-corrected chi connectivity index (χ2v) is 7.62. The maximum atomic E-state index is 12.8. The van der Waals surface area contributed by atoms with Crippen LogP contribution < -0.4 is 25.4 Å². The molecule has 0 saturated carbocycles. The Labute approximate surface area is 184 Å². The molecule has 10 nitrogen and oxygen atoms in total. The number of hydrogen-bond donors (Lipinski definition) is 3. The number of benzene rings is 2. The lowest BCUT2D eigenvalue weighted by Crippen LogP contribution is -2.98. The fourth-order valence-electron chi connectivity index (χ4n) is 2.91. The fraction of sp³-hybridized carbons (Fsp3) is 0.0952. The minimum absolute atomic E-state index is 0.0204. The zero-order valence-corrected chi connectivity index (χ0v) is 17.7. The molecule has 0 aliphatic carbocycles. The van der Waals surface area contributed by atoms with Crippen molar-refractivity contribution in [1.29, 1.82) is 0 Å². The molecule has 4 aromatic rings. The Morgan fingerprint density at radius 3 is 2.59 bits per heavy atom. The van der Waals surface area contributed by atoms with Crippen LogP contribution in [-0.4, -0.2) is 23.2 Å². The molecule has 2 aromatic heterocycles. The van der Waals surface area contributed by atoms with Crippen LogP contribution in [0.3, 0.4) is 0 Å². The number of hydrogen-bond acceptors (Lipinski definition) is 9. The lowest BCUT2D eigenvalue weighted by atomic mass is 10.2. The third-order valence-electron chi connectivity index (χ3n) is 4.50. The predicted molar refractivity (Wildman–Crippen MR) is 116 cm³/mol. The summed E-state index contributed by atoms with van der Waals surface area (Å²) in [6.07, 6.45) is 1.17. The van der Waals surface area contributed by atoms with Gasteiger partial charge in [-0.3, -0.25) is 14.9 Å². The van der Waals surface area contributed by atoms with Gasteiger partial charge in [0.25, 0.3) is 5.91 Å². The standard InChI is InChI=1S/C21H17N3O7S/c1-11-19(18(25)15-8-7-14(29-2)9-16(15)30-11)31-13-5-3-12(4-6-13)20(26)23-21-22-10-17(32-21)24(27)28/h3-10,24,27H,1-2H3,(H,22,23,26). The van der Waals surface area contributed by atoms with Crippen LogP contribution in [0.2, 0.25) is 0 Å². The molecule has 0 radical (unpaired) electrons. The van der Waals surface area contributed by atoms with E-state index in [9.17, 15) is 14.8 Å². The maximum absolute atomic E-state index is 12.8. The smallest absolute Gasteiger partial charge is 0.257 e. The molecule has 2 aromatic carbocycles. The first-order chi connectivity index (χ1) is 15.4. The van der Waals surface area contributed by atoms with Crippen LogP contribution in [0.4, 0.5) is 10.1 Å². The average molecular weight is 455 g/mol. The zero-order chi connectivity index (χ0) is 22.8. The Balaban J connectivity index is 1.52. The number of aryl methyl sites for hydroxylation is 1. The Kier molecular flexibility index (Phi) is 5.88. The Bertz CT molecular complexity index is 1350. The molecule has 1 amide bonds. The number of nitrogens with zero attached hydrogens (tertiary/aromatic N) is 1. The van der Waals surface area contributed by atoms with Gasteiger partial charge in [-0.15, -0.1) is 0 Å². The van der Waals surface area contributed by atoms with Gasteiger partial charge in [0.2, 0.25) is 16.2 Å². The second-order valence-electron chi connectivity index (χ2n) is 6.59. The van der Waals surface area contributed by atoms with Crippen LogP contribution in [-0.2, 0) is 0 Å².